The molecule has 1 fully saturated rings. The van der Waals surface area contributed by atoms with Crippen LogP contribution in [0.5, 0.6) is 0 Å². The fourth-order valence-electron chi connectivity index (χ4n) is 0.848. The largest absolute Gasteiger partial charge is 0.481 e. The summed E-state index contributed by atoms with van der Waals surface area (Å²) in [7, 11) is 0. The predicted octanol–water partition coefficient (Wildman–Crippen LogP) is 1.10. The van der Waals surface area contributed by atoms with E-state index >= 15 is 0 Å². The highest BCUT2D eigenvalue weighted by atomic mass is 35.6. The molecule has 1 aliphatic rings. The summed E-state index contributed by atoms with van der Waals surface area (Å²) in [4.78, 5) is 21.3. The third-order valence-electron chi connectivity index (χ3n) is 1.40. The molecule has 1 aliphatic heterocycles. The van der Waals surface area contributed by atoms with Gasteiger partial charge in [0.15, 0.2) is 6.10 Å². The minimum atomic E-state index is -1.91. The Bertz CT molecular complexity index is 261. The third-order valence-corrected chi connectivity index (χ3v) is 1.94. The zero-order chi connectivity index (χ0) is 10.9. The van der Waals surface area contributed by atoms with E-state index in [-0.39, 0.29) is 0 Å². The first-order chi connectivity index (χ1) is 6.30. The number of carbonyl (C=O) groups is 2. The molecule has 1 rings (SSSR count). The van der Waals surface area contributed by atoms with Gasteiger partial charge in [-0.3, -0.25) is 4.79 Å². The maximum atomic E-state index is 11.0. The fraction of sp³-hybridized carbons (Fsp3) is 0.667. The Morgan fingerprint density at radius 2 is 2.07 bits per heavy atom. The summed E-state index contributed by atoms with van der Waals surface area (Å²) in [5.74, 6) is -2.04. The van der Waals surface area contributed by atoms with Crippen molar-refractivity contribution < 1.29 is 24.2 Å². The van der Waals surface area contributed by atoms with E-state index in [2.05, 4.69) is 4.74 Å². The third kappa shape index (κ3) is 2.88. The molecule has 5 nitrogen and oxygen atoms in total. The van der Waals surface area contributed by atoms with Crippen LogP contribution in [-0.4, -0.2) is 33.2 Å². The molecule has 14 heavy (non-hydrogen) atoms. The maximum absolute atomic E-state index is 11.0. The van der Waals surface area contributed by atoms with Gasteiger partial charge >= 0.3 is 11.9 Å². The summed E-state index contributed by atoms with van der Waals surface area (Å²) in [5, 5.41) is 8.39. The van der Waals surface area contributed by atoms with Gasteiger partial charge in [-0.1, -0.05) is 34.8 Å². The van der Waals surface area contributed by atoms with E-state index in [0.717, 1.165) is 0 Å². The summed E-state index contributed by atoms with van der Waals surface area (Å²) in [6.07, 6.45) is -3.09. The smallest absolute Gasteiger partial charge is 0.338 e. The average Bonchev–Trinajstić information content (AvgIpc) is 2.30. The quantitative estimate of drug-likeness (QED) is 0.596. The van der Waals surface area contributed by atoms with Gasteiger partial charge in [-0.05, 0) is 0 Å². The van der Waals surface area contributed by atoms with E-state index in [9.17, 15) is 9.59 Å². The van der Waals surface area contributed by atoms with Gasteiger partial charge in [0.25, 0.3) is 10.1 Å². The molecule has 0 spiro atoms. The Balaban J connectivity index is 2.60. The molecule has 0 bridgehead atoms. The highest BCUT2D eigenvalue weighted by molar-refractivity contribution is 6.68. The number of carboxylic acid groups (broad SMARTS) is 1. The van der Waals surface area contributed by atoms with Crippen molar-refractivity contribution in [2.45, 2.75) is 22.6 Å². The van der Waals surface area contributed by atoms with Crippen LogP contribution in [0.2, 0.25) is 0 Å². The Hall–Kier alpha value is -0.230. The van der Waals surface area contributed by atoms with E-state index < -0.39 is 34.5 Å². The van der Waals surface area contributed by atoms with Crippen LogP contribution in [0.1, 0.15) is 6.42 Å². The predicted molar refractivity (Wildman–Crippen MR) is 47.3 cm³/mol. The molecule has 0 aromatic heterocycles. The highest BCUT2D eigenvalue weighted by Gasteiger charge is 2.47. The minimum Gasteiger partial charge on any atom is -0.481 e. The molecule has 0 saturated carbocycles. The van der Waals surface area contributed by atoms with Crippen molar-refractivity contribution in [1.29, 1.82) is 0 Å². The van der Waals surface area contributed by atoms with Crippen LogP contribution in [0.4, 0.5) is 0 Å². The molecule has 80 valence electrons. The van der Waals surface area contributed by atoms with E-state index in [0.29, 0.717) is 0 Å². The van der Waals surface area contributed by atoms with Gasteiger partial charge in [0.05, 0.1) is 6.42 Å². The molecule has 0 aliphatic carbocycles. The molecule has 0 aromatic carbocycles. The highest BCUT2D eigenvalue weighted by Crippen LogP contribution is 2.37. The lowest BCUT2D eigenvalue weighted by atomic mass is 10.3. The monoisotopic (exact) mass is 262 g/mol. The number of cyclic esters (lactones) is 1. The van der Waals surface area contributed by atoms with Crippen LogP contribution >= 0.6 is 34.8 Å². The Morgan fingerprint density at radius 3 is 2.43 bits per heavy atom. The standard InChI is InChI=1S/C6H5Cl3O5/c7-6(8,9)5-13-2(1-3(10)11)4(12)14-5/h2,5H,1H2,(H,10,11)/t2-,5?/m0/s1. The number of esters is 1. The second kappa shape index (κ2) is 4.10. The molecule has 8 heteroatoms. The number of hydrogen-bond acceptors (Lipinski definition) is 4. The number of carboxylic acids is 1. The summed E-state index contributed by atoms with van der Waals surface area (Å²) in [6, 6.07) is 0. The van der Waals surface area contributed by atoms with Gasteiger partial charge in [0.2, 0.25) is 0 Å². The molecular formula is C6H5Cl3O5. The van der Waals surface area contributed by atoms with Gasteiger partial charge in [0, 0.05) is 0 Å². The van der Waals surface area contributed by atoms with Crippen molar-refractivity contribution in [2.24, 2.45) is 0 Å². The van der Waals surface area contributed by atoms with Crippen molar-refractivity contribution in [2.75, 3.05) is 0 Å². The SMILES string of the molecule is O=C(O)C[C@@H]1OC(C(Cl)(Cl)Cl)OC1=O. The van der Waals surface area contributed by atoms with E-state index in [4.69, 9.17) is 44.6 Å². The lowest BCUT2D eigenvalue weighted by Gasteiger charge is -2.16. The van der Waals surface area contributed by atoms with E-state index in [1.807, 2.05) is 0 Å². The Kier molecular flexibility index (Phi) is 3.47. The lowest BCUT2D eigenvalue weighted by Crippen LogP contribution is -2.27. The topological polar surface area (TPSA) is 72.8 Å². The first-order valence-electron chi connectivity index (χ1n) is 3.45. The van der Waals surface area contributed by atoms with Crippen LogP contribution in [0.3, 0.4) is 0 Å². The summed E-state index contributed by atoms with van der Waals surface area (Å²) >= 11 is 16.2. The van der Waals surface area contributed by atoms with Crippen molar-refractivity contribution >= 4 is 46.7 Å². The van der Waals surface area contributed by atoms with Gasteiger partial charge in [-0.15, -0.1) is 0 Å². The molecule has 2 atom stereocenters. The van der Waals surface area contributed by atoms with Crippen LogP contribution in [0, 0.1) is 0 Å². The zero-order valence-corrected chi connectivity index (χ0v) is 8.84. The number of ether oxygens (including phenoxy) is 2. The second-order valence-corrected chi connectivity index (χ2v) is 4.90. The molecule has 0 amide bonds. The lowest BCUT2D eigenvalue weighted by molar-refractivity contribution is -0.146. The number of hydrogen-bond donors (Lipinski definition) is 1. The van der Waals surface area contributed by atoms with Gasteiger partial charge < -0.3 is 14.6 Å². The van der Waals surface area contributed by atoms with Crippen LogP contribution in [-0.2, 0) is 19.1 Å². The molecule has 1 unspecified atom stereocenters. The molecular weight excluding hydrogens is 258 g/mol. The average molecular weight is 263 g/mol. The number of halogens is 3. The first-order valence-corrected chi connectivity index (χ1v) is 4.58. The summed E-state index contributed by atoms with van der Waals surface area (Å²) in [6.45, 7) is 0. The number of carbonyl (C=O) groups excluding carboxylic acids is 1. The van der Waals surface area contributed by atoms with E-state index in [1.54, 1.807) is 0 Å². The molecule has 1 heterocycles. The zero-order valence-electron chi connectivity index (χ0n) is 6.58. The molecule has 1 N–H and O–H groups in total. The van der Waals surface area contributed by atoms with Gasteiger partial charge in [-0.25, -0.2) is 4.79 Å². The maximum Gasteiger partial charge on any atom is 0.338 e. The molecule has 0 aromatic rings. The fourth-order valence-corrected chi connectivity index (χ4v) is 1.14. The normalized spacial score (nSPS) is 27.5. The van der Waals surface area contributed by atoms with Crippen LogP contribution in [0.15, 0.2) is 0 Å². The van der Waals surface area contributed by atoms with Gasteiger partial charge in [-0.2, -0.15) is 0 Å². The van der Waals surface area contributed by atoms with Gasteiger partial charge in [0.1, 0.15) is 0 Å². The minimum absolute atomic E-state index is 0.518. The second-order valence-electron chi connectivity index (χ2n) is 2.53. The Labute approximate surface area is 93.8 Å². The van der Waals surface area contributed by atoms with Crippen LogP contribution in [0.25, 0.3) is 0 Å². The molecule has 1 saturated heterocycles. The van der Waals surface area contributed by atoms with Crippen molar-refractivity contribution in [3.05, 3.63) is 0 Å². The number of alkyl halides is 3. The number of aliphatic carboxylic acids is 1. The molecule has 0 radical (unpaired) electrons. The van der Waals surface area contributed by atoms with Crippen molar-refractivity contribution in [1.82, 2.24) is 0 Å². The Morgan fingerprint density at radius 1 is 1.50 bits per heavy atom. The number of rotatable bonds is 2. The summed E-state index contributed by atoms with van der Waals surface area (Å²) < 4.78 is 7.41. The van der Waals surface area contributed by atoms with Crippen LogP contribution < -0.4 is 0 Å². The van der Waals surface area contributed by atoms with Crippen molar-refractivity contribution in [3.63, 3.8) is 0 Å². The summed E-state index contributed by atoms with van der Waals surface area (Å²) in [5.41, 5.74) is 0. The first kappa shape index (κ1) is 11.8. The van der Waals surface area contributed by atoms with Crippen molar-refractivity contribution in [3.8, 4) is 0 Å². The van der Waals surface area contributed by atoms with E-state index in [1.165, 1.54) is 0 Å².